The quantitative estimate of drug-likeness (QED) is 0.272. The van der Waals surface area contributed by atoms with Crippen molar-refractivity contribution in [3.8, 4) is 11.5 Å². The van der Waals surface area contributed by atoms with E-state index < -0.39 is 50.7 Å². The maximum atomic E-state index is 13.1. The van der Waals surface area contributed by atoms with Crippen LogP contribution in [-0.2, 0) is 6.18 Å². The van der Waals surface area contributed by atoms with Gasteiger partial charge >= 0.3 is 6.18 Å². The van der Waals surface area contributed by atoms with Gasteiger partial charge in [-0.05, 0) is 36.4 Å². The fraction of sp³-hybridized carbons (Fsp3) is 0.0455. The SMILES string of the molecule is O=C1c2ccccc2C(=O)N1C(=O)c1cc(Oc2ccc(C(F)(F)F)cc2Cl)ccc1[N+](=O)[O-]. The van der Waals surface area contributed by atoms with Crippen LogP contribution in [0.4, 0.5) is 18.9 Å². The largest absolute Gasteiger partial charge is 0.456 e. The number of fused-ring (bicyclic) bond motifs is 1. The highest BCUT2D eigenvalue weighted by Crippen LogP contribution is 2.37. The van der Waals surface area contributed by atoms with Gasteiger partial charge in [0.05, 0.1) is 26.6 Å². The standard InChI is InChI=1S/C22H10ClF3N2O6/c23-16-9-11(22(24,25)26)5-8-18(16)34-12-6-7-17(28(32)33)15(10-12)21(31)27-19(29)13-3-1-2-4-14(13)20(27)30/h1-10H. The lowest BCUT2D eigenvalue weighted by molar-refractivity contribution is -0.385. The van der Waals surface area contributed by atoms with Gasteiger partial charge in [-0.25, -0.2) is 4.90 Å². The molecule has 0 radical (unpaired) electrons. The van der Waals surface area contributed by atoms with Crippen molar-refractivity contribution >= 4 is 35.0 Å². The molecule has 3 aromatic carbocycles. The Bertz CT molecular complexity index is 1350. The van der Waals surface area contributed by atoms with E-state index in [1.807, 2.05) is 0 Å². The first-order chi connectivity index (χ1) is 16.0. The molecule has 3 amide bonds. The van der Waals surface area contributed by atoms with Crippen molar-refractivity contribution < 1.29 is 37.2 Å². The molecular weight excluding hydrogens is 481 g/mol. The Kier molecular flexibility index (Phi) is 5.57. The van der Waals surface area contributed by atoms with Crippen LogP contribution in [0.15, 0.2) is 60.7 Å². The lowest BCUT2D eigenvalue weighted by atomic mass is 10.1. The van der Waals surface area contributed by atoms with Gasteiger partial charge in [-0.2, -0.15) is 13.2 Å². The molecule has 0 saturated carbocycles. The monoisotopic (exact) mass is 490 g/mol. The molecule has 1 aliphatic rings. The highest BCUT2D eigenvalue weighted by Gasteiger charge is 2.42. The highest BCUT2D eigenvalue weighted by atomic mass is 35.5. The van der Waals surface area contributed by atoms with E-state index in [9.17, 15) is 37.7 Å². The summed E-state index contributed by atoms with van der Waals surface area (Å²) in [5.41, 5.74) is -2.44. The molecule has 12 heteroatoms. The number of ether oxygens (including phenoxy) is 1. The van der Waals surface area contributed by atoms with Crippen LogP contribution >= 0.6 is 11.6 Å². The molecule has 0 unspecified atom stereocenters. The second-order valence-electron chi connectivity index (χ2n) is 6.98. The summed E-state index contributed by atoms with van der Waals surface area (Å²) >= 11 is 5.87. The fourth-order valence-corrected chi connectivity index (χ4v) is 3.51. The second kappa shape index (κ2) is 8.27. The Morgan fingerprint density at radius 2 is 1.59 bits per heavy atom. The molecule has 0 saturated heterocycles. The molecule has 8 nitrogen and oxygen atoms in total. The normalized spacial score (nSPS) is 13.1. The molecule has 0 fully saturated rings. The van der Waals surface area contributed by atoms with Gasteiger partial charge in [0.25, 0.3) is 23.4 Å². The average molecular weight is 491 g/mol. The zero-order valence-corrected chi connectivity index (χ0v) is 17.4. The van der Waals surface area contributed by atoms with E-state index in [0.717, 1.165) is 30.3 Å². The van der Waals surface area contributed by atoms with Crippen LogP contribution in [0.1, 0.15) is 36.6 Å². The van der Waals surface area contributed by atoms with Crippen molar-refractivity contribution in [1.29, 1.82) is 0 Å². The number of halogens is 4. The number of nitro groups is 1. The third kappa shape index (κ3) is 3.97. The molecular formula is C22H10ClF3N2O6. The van der Waals surface area contributed by atoms with E-state index in [-0.39, 0.29) is 27.5 Å². The number of amides is 3. The zero-order chi connectivity index (χ0) is 24.8. The summed E-state index contributed by atoms with van der Waals surface area (Å²) < 4.78 is 43.9. The van der Waals surface area contributed by atoms with Crippen molar-refractivity contribution in [1.82, 2.24) is 4.90 Å². The first-order valence-corrected chi connectivity index (χ1v) is 9.72. The number of alkyl halides is 3. The second-order valence-corrected chi connectivity index (χ2v) is 7.38. The summed E-state index contributed by atoms with van der Waals surface area (Å²) in [5.74, 6) is -3.58. The molecule has 1 aliphatic heterocycles. The van der Waals surface area contributed by atoms with Crippen LogP contribution in [0, 0.1) is 10.1 Å². The molecule has 4 rings (SSSR count). The number of nitro benzene ring substituents is 1. The Hall–Kier alpha value is -4.25. The number of nitrogens with zero attached hydrogens (tertiary/aromatic N) is 2. The Morgan fingerprint density at radius 3 is 2.12 bits per heavy atom. The lowest BCUT2D eigenvalue weighted by Gasteiger charge is -2.14. The number of rotatable bonds is 4. The molecule has 34 heavy (non-hydrogen) atoms. The molecule has 0 spiro atoms. The molecule has 0 aliphatic carbocycles. The maximum absolute atomic E-state index is 13.1. The van der Waals surface area contributed by atoms with Gasteiger partial charge in [-0.3, -0.25) is 24.5 Å². The highest BCUT2D eigenvalue weighted by molar-refractivity contribution is 6.32. The van der Waals surface area contributed by atoms with Gasteiger partial charge in [0.1, 0.15) is 17.1 Å². The topological polar surface area (TPSA) is 107 Å². The van der Waals surface area contributed by atoms with Crippen molar-refractivity contribution in [2.75, 3.05) is 0 Å². The number of carbonyl (C=O) groups is 3. The lowest BCUT2D eigenvalue weighted by Crippen LogP contribution is -2.36. The van der Waals surface area contributed by atoms with Gasteiger partial charge < -0.3 is 4.74 Å². The number of hydrogen-bond acceptors (Lipinski definition) is 6. The van der Waals surface area contributed by atoms with Crippen LogP contribution in [0.25, 0.3) is 0 Å². The molecule has 172 valence electrons. The molecule has 0 bridgehead atoms. The number of carbonyl (C=O) groups excluding carboxylic acids is 3. The number of benzene rings is 3. The van der Waals surface area contributed by atoms with E-state index in [2.05, 4.69) is 0 Å². The van der Waals surface area contributed by atoms with Crippen LogP contribution < -0.4 is 4.74 Å². The van der Waals surface area contributed by atoms with Gasteiger partial charge in [0.2, 0.25) is 0 Å². The van der Waals surface area contributed by atoms with Gasteiger partial charge in [0, 0.05) is 12.1 Å². The summed E-state index contributed by atoms with van der Waals surface area (Å²) in [4.78, 5) is 49.1. The van der Waals surface area contributed by atoms with E-state index in [0.29, 0.717) is 6.07 Å². The molecule has 0 atom stereocenters. The number of imide groups is 3. The number of hydrogen-bond donors (Lipinski definition) is 0. The average Bonchev–Trinajstić information content (AvgIpc) is 3.04. The summed E-state index contributed by atoms with van der Waals surface area (Å²) in [5, 5.41) is 11.1. The van der Waals surface area contributed by atoms with Crippen molar-refractivity contribution in [2.24, 2.45) is 0 Å². The minimum absolute atomic E-state index is 0.0348. The van der Waals surface area contributed by atoms with E-state index in [1.54, 1.807) is 0 Å². The van der Waals surface area contributed by atoms with E-state index in [1.165, 1.54) is 24.3 Å². The van der Waals surface area contributed by atoms with Gasteiger partial charge in [0.15, 0.2) is 0 Å². The van der Waals surface area contributed by atoms with Crippen LogP contribution in [-0.4, -0.2) is 27.5 Å². The minimum atomic E-state index is -4.64. The first kappa shape index (κ1) is 22.9. The fourth-order valence-electron chi connectivity index (χ4n) is 3.29. The Balaban J connectivity index is 1.70. The summed E-state index contributed by atoms with van der Waals surface area (Å²) in [6.45, 7) is 0. The minimum Gasteiger partial charge on any atom is -0.456 e. The predicted octanol–water partition coefficient (Wildman–Crippen LogP) is 5.50. The molecule has 3 aromatic rings. The Morgan fingerprint density at radius 1 is 0.971 bits per heavy atom. The van der Waals surface area contributed by atoms with Gasteiger partial charge in [-0.1, -0.05) is 23.7 Å². The summed E-state index contributed by atoms with van der Waals surface area (Å²) in [6, 6.07) is 10.8. The third-order valence-electron chi connectivity index (χ3n) is 4.88. The molecule has 0 N–H and O–H groups in total. The van der Waals surface area contributed by atoms with Crippen LogP contribution in [0.3, 0.4) is 0 Å². The third-order valence-corrected chi connectivity index (χ3v) is 5.17. The van der Waals surface area contributed by atoms with Crippen LogP contribution in [0.2, 0.25) is 5.02 Å². The maximum Gasteiger partial charge on any atom is 0.416 e. The van der Waals surface area contributed by atoms with Crippen LogP contribution in [0.5, 0.6) is 11.5 Å². The van der Waals surface area contributed by atoms with E-state index >= 15 is 0 Å². The Labute approximate surface area is 193 Å². The zero-order valence-electron chi connectivity index (χ0n) is 16.6. The summed E-state index contributed by atoms with van der Waals surface area (Å²) in [7, 11) is 0. The predicted molar refractivity (Wildman–Crippen MR) is 111 cm³/mol. The molecule has 0 aromatic heterocycles. The first-order valence-electron chi connectivity index (χ1n) is 9.34. The smallest absolute Gasteiger partial charge is 0.416 e. The molecule has 1 heterocycles. The van der Waals surface area contributed by atoms with Crippen molar-refractivity contribution in [2.45, 2.75) is 6.18 Å². The summed E-state index contributed by atoms with van der Waals surface area (Å²) in [6.07, 6.45) is -4.64. The van der Waals surface area contributed by atoms with E-state index in [4.69, 9.17) is 16.3 Å². The van der Waals surface area contributed by atoms with Crippen molar-refractivity contribution in [3.05, 3.63) is 98.1 Å². The van der Waals surface area contributed by atoms with Gasteiger partial charge in [-0.15, -0.1) is 0 Å². The van der Waals surface area contributed by atoms with Crippen molar-refractivity contribution in [3.63, 3.8) is 0 Å².